The van der Waals surface area contributed by atoms with Gasteiger partial charge in [0.1, 0.15) is 5.76 Å². The van der Waals surface area contributed by atoms with Crippen LogP contribution in [-0.4, -0.2) is 37.1 Å². The van der Waals surface area contributed by atoms with Gasteiger partial charge >= 0.3 is 0 Å². The van der Waals surface area contributed by atoms with Gasteiger partial charge in [-0.05, 0) is 30.2 Å². The van der Waals surface area contributed by atoms with E-state index in [-0.39, 0.29) is 5.91 Å². The van der Waals surface area contributed by atoms with E-state index in [1.807, 2.05) is 6.92 Å². The number of hydrogen-bond acceptors (Lipinski definition) is 4. The molecule has 1 fully saturated rings. The van der Waals surface area contributed by atoms with E-state index in [0.717, 1.165) is 44.2 Å². The predicted octanol–water partition coefficient (Wildman–Crippen LogP) is 2.35. The van der Waals surface area contributed by atoms with Crippen molar-refractivity contribution in [2.24, 2.45) is 0 Å². The zero-order valence-electron chi connectivity index (χ0n) is 13.4. The van der Waals surface area contributed by atoms with Crippen molar-refractivity contribution < 1.29 is 13.9 Å². The summed E-state index contributed by atoms with van der Waals surface area (Å²) in [5.74, 6) is 0.907. The molecule has 0 bridgehead atoms. The molecule has 1 saturated heterocycles. The Morgan fingerprint density at radius 3 is 2.43 bits per heavy atom. The zero-order valence-corrected chi connectivity index (χ0v) is 13.4. The molecule has 0 atom stereocenters. The third kappa shape index (κ3) is 4.43. The Kier molecular flexibility index (Phi) is 5.10. The van der Waals surface area contributed by atoms with Crippen molar-refractivity contribution in [1.82, 2.24) is 10.2 Å². The van der Waals surface area contributed by atoms with Gasteiger partial charge in [0.25, 0.3) is 5.91 Å². The molecule has 1 aliphatic rings. The molecule has 1 aliphatic heterocycles. The van der Waals surface area contributed by atoms with Gasteiger partial charge in [0, 0.05) is 26.2 Å². The number of carbonyl (C=O) groups is 1. The van der Waals surface area contributed by atoms with Crippen LogP contribution in [0.25, 0.3) is 0 Å². The zero-order chi connectivity index (χ0) is 16.1. The van der Waals surface area contributed by atoms with E-state index in [4.69, 9.17) is 9.15 Å². The summed E-state index contributed by atoms with van der Waals surface area (Å²) >= 11 is 0. The van der Waals surface area contributed by atoms with Crippen LogP contribution in [0.1, 0.15) is 27.4 Å². The number of aryl methyl sites for hydroxylation is 1. The molecule has 3 rings (SSSR count). The number of amides is 1. The van der Waals surface area contributed by atoms with Crippen molar-refractivity contribution in [2.45, 2.75) is 20.0 Å². The highest BCUT2D eigenvalue weighted by Crippen LogP contribution is 2.10. The Hall–Kier alpha value is -2.11. The number of ether oxygens (including phenoxy) is 1. The van der Waals surface area contributed by atoms with Crippen LogP contribution >= 0.6 is 0 Å². The SMILES string of the molecule is Cc1ccc(C(=O)NCc2ccc(CN3CCOCC3)cc2)o1. The summed E-state index contributed by atoms with van der Waals surface area (Å²) in [4.78, 5) is 14.3. The second-order valence-electron chi connectivity index (χ2n) is 5.80. The highest BCUT2D eigenvalue weighted by molar-refractivity contribution is 5.91. The lowest BCUT2D eigenvalue weighted by Crippen LogP contribution is -2.35. The minimum Gasteiger partial charge on any atom is -0.456 e. The van der Waals surface area contributed by atoms with E-state index >= 15 is 0 Å². The fourth-order valence-corrected chi connectivity index (χ4v) is 2.61. The van der Waals surface area contributed by atoms with Crippen LogP contribution < -0.4 is 5.32 Å². The average molecular weight is 314 g/mol. The lowest BCUT2D eigenvalue weighted by molar-refractivity contribution is 0.0342. The first-order chi connectivity index (χ1) is 11.2. The molecule has 5 nitrogen and oxygen atoms in total. The van der Waals surface area contributed by atoms with Crippen LogP contribution in [0, 0.1) is 6.92 Å². The van der Waals surface area contributed by atoms with Gasteiger partial charge in [-0.15, -0.1) is 0 Å². The fourth-order valence-electron chi connectivity index (χ4n) is 2.61. The van der Waals surface area contributed by atoms with Gasteiger partial charge in [-0.25, -0.2) is 0 Å². The van der Waals surface area contributed by atoms with Crippen LogP contribution in [0.2, 0.25) is 0 Å². The number of nitrogens with zero attached hydrogens (tertiary/aromatic N) is 1. The lowest BCUT2D eigenvalue weighted by Gasteiger charge is -2.26. The van der Waals surface area contributed by atoms with E-state index in [1.165, 1.54) is 5.56 Å². The number of morpholine rings is 1. The second-order valence-corrected chi connectivity index (χ2v) is 5.80. The van der Waals surface area contributed by atoms with Crippen LogP contribution in [0.4, 0.5) is 0 Å². The summed E-state index contributed by atoms with van der Waals surface area (Å²) in [7, 11) is 0. The average Bonchev–Trinajstić information content (AvgIpc) is 3.01. The normalized spacial score (nSPS) is 15.5. The van der Waals surface area contributed by atoms with E-state index < -0.39 is 0 Å². The molecule has 2 heterocycles. The molecule has 0 aliphatic carbocycles. The van der Waals surface area contributed by atoms with Crippen LogP contribution in [-0.2, 0) is 17.8 Å². The quantitative estimate of drug-likeness (QED) is 0.920. The molecule has 23 heavy (non-hydrogen) atoms. The summed E-state index contributed by atoms with van der Waals surface area (Å²) in [5.41, 5.74) is 2.36. The number of hydrogen-bond donors (Lipinski definition) is 1. The number of benzene rings is 1. The topological polar surface area (TPSA) is 54.7 Å². The smallest absolute Gasteiger partial charge is 0.287 e. The Balaban J connectivity index is 1.50. The van der Waals surface area contributed by atoms with Crippen molar-refractivity contribution in [3.63, 3.8) is 0 Å². The van der Waals surface area contributed by atoms with E-state index in [1.54, 1.807) is 12.1 Å². The maximum Gasteiger partial charge on any atom is 0.287 e. The number of furan rings is 1. The van der Waals surface area contributed by atoms with Gasteiger partial charge < -0.3 is 14.5 Å². The van der Waals surface area contributed by atoms with E-state index in [9.17, 15) is 4.79 Å². The van der Waals surface area contributed by atoms with Gasteiger partial charge in [0.15, 0.2) is 5.76 Å². The molecule has 0 saturated carbocycles. The van der Waals surface area contributed by atoms with E-state index in [0.29, 0.717) is 12.3 Å². The Morgan fingerprint density at radius 2 is 1.78 bits per heavy atom. The first-order valence-corrected chi connectivity index (χ1v) is 7.93. The number of carbonyl (C=O) groups excluding carboxylic acids is 1. The van der Waals surface area contributed by atoms with Crippen molar-refractivity contribution in [1.29, 1.82) is 0 Å². The largest absolute Gasteiger partial charge is 0.456 e. The molecule has 122 valence electrons. The van der Waals surface area contributed by atoms with Gasteiger partial charge in [-0.3, -0.25) is 9.69 Å². The third-order valence-corrected chi connectivity index (χ3v) is 3.95. The van der Waals surface area contributed by atoms with Gasteiger partial charge in [0.2, 0.25) is 0 Å². The maximum atomic E-state index is 11.9. The molecule has 1 amide bonds. The summed E-state index contributed by atoms with van der Waals surface area (Å²) in [6, 6.07) is 11.8. The second kappa shape index (κ2) is 7.44. The van der Waals surface area contributed by atoms with Crippen molar-refractivity contribution in [3.05, 3.63) is 59.0 Å². The Morgan fingerprint density at radius 1 is 1.09 bits per heavy atom. The molecule has 1 aromatic heterocycles. The van der Waals surface area contributed by atoms with Crippen molar-refractivity contribution in [2.75, 3.05) is 26.3 Å². The minimum atomic E-state index is -0.185. The summed E-state index contributed by atoms with van der Waals surface area (Å²) in [6.45, 7) is 6.87. The molecule has 0 spiro atoms. The lowest BCUT2D eigenvalue weighted by atomic mass is 10.1. The molecular weight excluding hydrogens is 292 g/mol. The van der Waals surface area contributed by atoms with Crippen molar-refractivity contribution in [3.8, 4) is 0 Å². The monoisotopic (exact) mass is 314 g/mol. The molecular formula is C18H22N2O3. The highest BCUT2D eigenvalue weighted by atomic mass is 16.5. The van der Waals surface area contributed by atoms with Gasteiger partial charge in [-0.1, -0.05) is 24.3 Å². The number of nitrogens with one attached hydrogen (secondary N) is 1. The van der Waals surface area contributed by atoms with E-state index in [2.05, 4.69) is 34.5 Å². The summed E-state index contributed by atoms with van der Waals surface area (Å²) < 4.78 is 10.7. The van der Waals surface area contributed by atoms with Gasteiger partial charge in [0.05, 0.1) is 13.2 Å². The molecule has 2 aromatic rings. The van der Waals surface area contributed by atoms with Crippen LogP contribution in [0.15, 0.2) is 40.8 Å². The molecule has 5 heteroatoms. The molecule has 0 radical (unpaired) electrons. The Labute approximate surface area is 136 Å². The predicted molar refractivity (Wildman–Crippen MR) is 87.2 cm³/mol. The first-order valence-electron chi connectivity index (χ1n) is 7.93. The van der Waals surface area contributed by atoms with Crippen molar-refractivity contribution >= 4 is 5.91 Å². The standard InChI is InChI=1S/C18H22N2O3/c1-14-2-7-17(23-14)18(21)19-12-15-3-5-16(6-4-15)13-20-8-10-22-11-9-20/h2-7H,8-13H2,1H3,(H,19,21). The molecule has 1 N–H and O–H groups in total. The Bertz CT molecular complexity index is 643. The fraction of sp³-hybridized carbons (Fsp3) is 0.389. The first kappa shape index (κ1) is 15.8. The molecule has 1 aromatic carbocycles. The highest BCUT2D eigenvalue weighted by Gasteiger charge is 2.11. The van der Waals surface area contributed by atoms with Crippen LogP contribution in [0.5, 0.6) is 0 Å². The van der Waals surface area contributed by atoms with Crippen LogP contribution in [0.3, 0.4) is 0 Å². The minimum absolute atomic E-state index is 0.185. The number of rotatable bonds is 5. The van der Waals surface area contributed by atoms with Gasteiger partial charge in [-0.2, -0.15) is 0 Å². The molecule has 0 unspecified atom stereocenters. The summed E-state index contributed by atoms with van der Waals surface area (Å²) in [5, 5.41) is 2.87. The summed E-state index contributed by atoms with van der Waals surface area (Å²) in [6.07, 6.45) is 0. The maximum absolute atomic E-state index is 11.9. The third-order valence-electron chi connectivity index (χ3n) is 3.95.